The Balaban J connectivity index is 2.37. The number of carboxylic acid groups (broad SMARTS) is 1. The Kier molecular flexibility index (Phi) is 2.77. The van der Waals surface area contributed by atoms with Crippen LogP contribution in [0.4, 0.5) is 0 Å². The van der Waals surface area contributed by atoms with Gasteiger partial charge in [0.15, 0.2) is 0 Å². The molecule has 0 N–H and O–H groups in total. The van der Waals surface area contributed by atoms with E-state index in [1.807, 2.05) is 25.1 Å². The fraction of sp³-hybridized carbons (Fsp3) is 0.375. The molecule has 0 saturated heterocycles. The van der Waals surface area contributed by atoms with Crippen molar-refractivity contribution >= 4 is 16.9 Å². The van der Waals surface area contributed by atoms with Gasteiger partial charge in [0.1, 0.15) is 0 Å². The minimum atomic E-state index is -1.08. The van der Waals surface area contributed by atoms with Crippen molar-refractivity contribution < 1.29 is 9.90 Å². The van der Waals surface area contributed by atoms with Crippen LogP contribution >= 0.6 is 0 Å². The third-order valence-corrected chi connectivity index (χ3v) is 3.96. The number of hydrogen-bond acceptors (Lipinski definition) is 3. The van der Waals surface area contributed by atoms with Crippen molar-refractivity contribution in [2.75, 3.05) is 0 Å². The van der Waals surface area contributed by atoms with Crippen molar-refractivity contribution in [1.82, 2.24) is 4.98 Å². The van der Waals surface area contributed by atoms with Crippen molar-refractivity contribution in [3.63, 3.8) is 0 Å². The van der Waals surface area contributed by atoms with Crippen molar-refractivity contribution in [3.8, 4) is 0 Å². The number of pyridine rings is 1. The highest BCUT2D eigenvalue weighted by Crippen LogP contribution is 2.31. The third kappa shape index (κ3) is 1.99. The Morgan fingerprint density at radius 2 is 2.21 bits per heavy atom. The molecule has 0 radical (unpaired) electrons. The Bertz CT molecular complexity index is 676. The summed E-state index contributed by atoms with van der Waals surface area (Å²) in [5, 5.41) is 12.3. The number of hydrogen-bond donors (Lipinski definition) is 0. The van der Waals surface area contributed by atoms with E-state index in [1.165, 1.54) is 0 Å². The van der Waals surface area contributed by atoms with Crippen LogP contribution < -0.4 is 5.11 Å². The van der Waals surface area contributed by atoms with Gasteiger partial charge in [-0.05, 0) is 49.8 Å². The molecule has 0 spiro atoms. The van der Waals surface area contributed by atoms with Crippen LogP contribution in [0.25, 0.3) is 10.9 Å². The van der Waals surface area contributed by atoms with Gasteiger partial charge in [0, 0.05) is 16.6 Å². The second-order valence-corrected chi connectivity index (χ2v) is 5.57. The molecule has 1 atom stereocenters. The lowest BCUT2D eigenvalue weighted by molar-refractivity contribution is -0.254. The van der Waals surface area contributed by atoms with Crippen LogP contribution in [0.5, 0.6) is 0 Å². The first-order valence-corrected chi connectivity index (χ1v) is 6.69. The highest BCUT2D eigenvalue weighted by molar-refractivity contribution is 6.03. The first kappa shape index (κ1) is 12.2. The molecule has 19 heavy (non-hydrogen) atoms. The predicted octanol–water partition coefficient (Wildman–Crippen LogP) is 2.03. The molecule has 0 saturated carbocycles. The minimum Gasteiger partial charge on any atom is -0.545 e. The Morgan fingerprint density at radius 3 is 2.95 bits per heavy atom. The lowest BCUT2D eigenvalue weighted by Gasteiger charge is -2.25. The second kappa shape index (κ2) is 4.34. The van der Waals surface area contributed by atoms with E-state index in [0.29, 0.717) is 16.9 Å². The molecule has 1 aromatic heterocycles. The summed E-state index contributed by atoms with van der Waals surface area (Å²) < 4.78 is 0. The maximum atomic E-state index is 11.6. The molecule has 3 rings (SSSR count). The minimum absolute atomic E-state index is 0.357. The van der Waals surface area contributed by atoms with Crippen molar-refractivity contribution in [2.45, 2.75) is 33.1 Å². The van der Waals surface area contributed by atoms with Crippen LogP contribution in [-0.4, -0.2) is 11.0 Å². The Hall–Kier alpha value is -1.90. The van der Waals surface area contributed by atoms with Gasteiger partial charge in [0.05, 0.1) is 11.5 Å². The molecule has 0 amide bonds. The smallest absolute Gasteiger partial charge is 0.0725 e. The third-order valence-electron chi connectivity index (χ3n) is 3.96. The van der Waals surface area contributed by atoms with E-state index in [4.69, 9.17) is 0 Å². The molecule has 3 heteroatoms. The van der Waals surface area contributed by atoms with Crippen molar-refractivity contribution in [3.05, 3.63) is 40.6 Å². The van der Waals surface area contributed by atoms with Crippen LogP contribution in [0.1, 0.15) is 40.5 Å². The fourth-order valence-electron chi connectivity index (χ4n) is 2.96. The van der Waals surface area contributed by atoms with Gasteiger partial charge in [-0.2, -0.15) is 0 Å². The molecular formula is C16H16NO2-. The maximum Gasteiger partial charge on any atom is 0.0725 e. The quantitative estimate of drug-likeness (QED) is 0.782. The lowest BCUT2D eigenvalue weighted by Crippen LogP contribution is -2.27. The van der Waals surface area contributed by atoms with Gasteiger partial charge in [-0.15, -0.1) is 0 Å². The van der Waals surface area contributed by atoms with Gasteiger partial charge in [-0.1, -0.05) is 18.6 Å². The van der Waals surface area contributed by atoms with Crippen LogP contribution in [0.3, 0.4) is 0 Å². The van der Waals surface area contributed by atoms with E-state index in [-0.39, 0.29) is 0 Å². The zero-order valence-corrected chi connectivity index (χ0v) is 11.2. The Morgan fingerprint density at radius 1 is 1.42 bits per heavy atom. The summed E-state index contributed by atoms with van der Waals surface area (Å²) >= 11 is 0. The number of aromatic nitrogens is 1. The molecule has 98 valence electrons. The number of carbonyl (C=O) groups is 1. The highest BCUT2D eigenvalue weighted by atomic mass is 16.4. The van der Waals surface area contributed by atoms with E-state index in [1.54, 1.807) is 0 Å². The van der Waals surface area contributed by atoms with Crippen LogP contribution in [0.2, 0.25) is 0 Å². The van der Waals surface area contributed by atoms with Gasteiger partial charge in [0.25, 0.3) is 0 Å². The van der Waals surface area contributed by atoms with Crippen molar-refractivity contribution in [2.24, 2.45) is 5.92 Å². The average molecular weight is 254 g/mol. The highest BCUT2D eigenvalue weighted by Gasteiger charge is 2.22. The van der Waals surface area contributed by atoms with E-state index in [2.05, 4.69) is 11.9 Å². The average Bonchev–Trinajstić information content (AvgIpc) is 2.35. The molecule has 2 aromatic rings. The molecule has 0 unspecified atom stereocenters. The largest absolute Gasteiger partial charge is 0.545 e. The van der Waals surface area contributed by atoms with Crippen LogP contribution in [0, 0.1) is 12.8 Å². The van der Waals surface area contributed by atoms with Crippen LogP contribution in [-0.2, 0) is 12.8 Å². The summed E-state index contributed by atoms with van der Waals surface area (Å²) in [4.78, 5) is 16.2. The predicted molar refractivity (Wildman–Crippen MR) is 72.0 cm³/mol. The zero-order chi connectivity index (χ0) is 13.6. The SMILES string of the molecule is Cc1ccc2nc3c(c(C(=O)[O-])c2c1)C[C@@H](C)CC3. The van der Waals surface area contributed by atoms with Gasteiger partial charge in [-0.3, -0.25) is 4.98 Å². The first-order chi connectivity index (χ1) is 9.06. The molecular weight excluding hydrogens is 238 g/mol. The summed E-state index contributed by atoms with van der Waals surface area (Å²) in [6.07, 6.45) is 2.72. The lowest BCUT2D eigenvalue weighted by atomic mass is 9.84. The Labute approximate surface area is 112 Å². The molecule has 0 aliphatic heterocycles. The number of benzene rings is 1. The summed E-state index contributed by atoms with van der Waals surface area (Å²) in [6, 6.07) is 5.76. The molecule has 1 heterocycles. The van der Waals surface area contributed by atoms with Gasteiger partial charge < -0.3 is 9.90 Å². The number of rotatable bonds is 1. The number of aromatic carboxylic acids is 1. The number of carboxylic acids is 1. The van der Waals surface area contributed by atoms with Gasteiger partial charge in [-0.25, -0.2) is 0 Å². The van der Waals surface area contributed by atoms with Crippen molar-refractivity contribution in [1.29, 1.82) is 0 Å². The summed E-state index contributed by atoms with van der Waals surface area (Å²) in [6.45, 7) is 4.11. The summed E-state index contributed by atoms with van der Waals surface area (Å²) in [5.74, 6) is -0.571. The number of fused-ring (bicyclic) bond motifs is 2. The van der Waals surface area contributed by atoms with E-state index in [9.17, 15) is 9.90 Å². The van der Waals surface area contributed by atoms with Crippen LogP contribution in [0.15, 0.2) is 18.2 Å². The topological polar surface area (TPSA) is 53.0 Å². The number of aryl methyl sites for hydroxylation is 2. The van der Waals surface area contributed by atoms with E-state index < -0.39 is 5.97 Å². The maximum absolute atomic E-state index is 11.6. The monoisotopic (exact) mass is 254 g/mol. The summed E-state index contributed by atoms with van der Waals surface area (Å²) in [7, 11) is 0. The van der Waals surface area contributed by atoms with Gasteiger partial charge >= 0.3 is 0 Å². The molecule has 0 bridgehead atoms. The van der Waals surface area contributed by atoms with E-state index >= 15 is 0 Å². The standard InChI is InChI=1S/C16H17NO2/c1-9-3-5-13-11(7-9)15(16(18)19)12-8-10(2)4-6-14(12)17-13/h3,5,7,10H,4,6,8H2,1-2H3,(H,18,19)/p-1/t10-/m0/s1. The number of carbonyl (C=O) groups excluding carboxylic acids is 1. The molecule has 1 aliphatic rings. The first-order valence-electron chi connectivity index (χ1n) is 6.69. The van der Waals surface area contributed by atoms with E-state index in [0.717, 1.165) is 41.6 Å². The molecule has 3 nitrogen and oxygen atoms in total. The molecule has 1 aromatic carbocycles. The number of nitrogens with zero attached hydrogens (tertiary/aromatic N) is 1. The molecule has 0 fully saturated rings. The molecule has 1 aliphatic carbocycles. The van der Waals surface area contributed by atoms with Gasteiger partial charge in [0.2, 0.25) is 0 Å². The normalized spacial score (nSPS) is 18.3. The summed E-state index contributed by atoms with van der Waals surface area (Å²) in [5.41, 5.74) is 3.99. The fourth-order valence-corrected chi connectivity index (χ4v) is 2.96. The second-order valence-electron chi connectivity index (χ2n) is 5.57. The zero-order valence-electron chi connectivity index (χ0n) is 11.2.